The van der Waals surface area contributed by atoms with Crippen molar-refractivity contribution in [3.05, 3.63) is 0 Å². The number of hydrogen-bond donors (Lipinski definition) is 2. The number of nitrogens with one attached hydrogen (secondary N) is 1. The molecule has 0 saturated heterocycles. The molecule has 2 atom stereocenters. The quantitative estimate of drug-likeness (QED) is 0.734. The molecule has 0 radical (unpaired) electrons. The number of carbonyl (C=O) groups excluding carboxylic acids is 1. The van der Waals surface area contributed by atoms with E-state index in [1.807, 2.05) is 20.8 Å². The molecular formula is C13H24ClF3N2O2. The number of halogens is 4. The monoisotopic (exact) mass is 332 g/mol. The second-order valence-corrected chi connectivity index (χ2v) is 5.82. The van der Waals surface area contributed by atoms with Gasteiger partial charge in [-0.3, -0.25) is 4.79 Å². The van der Waals surface area contributed by atoms with Gasteiger partial charge in [0, 0.05) is 31.4 Å². The van der Waals surface area contributed by atoms with Crippen molar-refractivity contribution in [1.82, 2.24) is 5.32 Å². The fourth-order valence-corrected chi connectivity index (χ4v) is 2.47. The number of ether oxygens (including phenoxy) is 1. The Hall–Kier alpha value is -0.530. The summed E-state index contributed by atoms with van der Waals surface area (Å²) in [7, 11) is 0. The Balaban J connectivity index is 0.00000400. The van der Waals surface area contributed by atoms with Crippen molar-refractivity contribution in [1.29, 1.82) is 0 Å². The zero-order valence-corrected chi connectivity index (χ0v) is 13.4. The Kier molecular flexibility index (Phi) is 6.97. The molecule has 3 N–H and O–H groups in total. The lowest BCUT2D eigenvalue weighted by Gasteiger charge is -2.57. The van der Waals surface area contributed by atoms with Gasteiger partial charge < -0.3 is 15.8 Å². The highest BCUT2D eigenvalue weighted by Crippen LogP contribution is 2.49. The molecule has 4 nitrogen and oxygen atoms in total. The average Bonchev–Trinajstić information content (AvgIpc) is 2.32. The van der Waals surface area contributed by atoms with Crippen LogP contribution in [-0.2, 0) is 9.53 Å². The van der Waals surface area contributed by atoms with Gasteiger partial charge in [0.05, 0.1) is 6.10 Å². The van der Waals surface area contributed by atoms with E-state index < -0.39 is 29.5 Å². The Morgan fingerprint density at radius 2 is 2.00 bits per heavy atom. The predicted octanol–water partition coefficient (Wildman–Crippen LogP) is 2.40. The van der Waals surface area contributed by atoms with E-state index in [0.29, 0.717) is 13.0 Å². The third-order valence-corrected chi connectivity index (χ3v) is 4.16. The molecule has 0 bridgehead atoms. The van der Waals surface area contributed by atoms with Crippen LogP contribution in [0.4, 0.5) is 13.2 Å². The molecule has 21 heavy (non-hydrogen) atoms. The van der Waals surface area contributed by atoms with Crippen molar-refractivity contribution in [2.75, 3.05) is 13.2 Å². The van der Waals surface area contributed by atoms with Gasteiger partial charge in [-0.25, -0.2) is 0 Å². The van der Waals surface area contributed by atoms with Gasteiger partial charge in [-0.05, 0) is 13.3 Å². The second-order valence-electron chi connectivity index (χ2n) is 5.82. The van der Waals surface area contributed by atoms with Gasteiger partial charge >= 0.3 is 6.18 Å². The topological polar surface area (TPSA) is 64.3 Å². The molecule has 126 valence electrons. The number of carbonyl (C=O) groups is 1. The zero-order valence-electron chi connectivity index (χ0n) is 12.5. The average molecular weight is 333 g/mol. The maximum absolute atomic E-state index is 12.1. The highest BCUT2D eigenvalue weighted by Gasteiger charge is 2.62. The molecule has 1 aliphatic carbocycles. The Labute approximate surface area is 129 Å². The summed E-state index contributed by atoms with van der Waals surface area (Å²) in [6.45, 7) is 6.06. The second kappa shape index (κ2) is 7.15. The van der Waals surface area contributed by atoms with Crippen LogP contribution in [0.1, 0.15) is 40.0 Å². The minimum absolute atomic E-state index is 0. The van der Waals surface area contributed by atoms with Crippen LogP contribution in [0.5, 0.6) is 0 Å². The van der Waals surface area contributed by atoms with E-state index in [2.05, 4.69) is 5.32 Å². The molecule has 1 rings (SSSR count). The normalized spacial score (nSPS) is 27.5. The molecule has 0 aromatic rings. The first-order chi connectivity index (χ1) is 9.04. The Bertz CT molecular complexity index is 364. The lowest BCUT2D eigenvalue weighted by Crippen LogP contribution is -2.75. The highest BCUT2D eigenvalue weighted by molar-refractivity contribution is 5.88. The third-order valence-electron chi connectivity index (χ3n) is 4.16. The van der Waals surface area contributed by atoms with Crippen molar-refractivity contribution in [2.45, 2.75) is 57.9 Å². The van der Waals surface area contributed by atoms with Gasteiger partial charge in [-0.15, -0.1) is 12.4 Å². The van der Waals surface area contributed by atoms with Gasteiger partial charge in [0.15, 0.2) is 0 Å². The maximum atomic E-state index is 12.1. The minimum Gasteiger partial charge on any atom is -0.378 e. The number of amides is 1. The molecule has 0 heterocycles. The Morgan fingerprint density at radius 1 is 1.43 bits per heavy atom. The van der Waals surface area contributed by atoms with E-state index in [-0.39, 0.29) is 31.5 Å². The lowest BCUT2D eigenvalue weighted by molar-refractivity contribution is -0.170. The van der Waals surface area contributed by atoms with Gasteiger partial charge in [-0.1, -0.05) is 13.8 Å². The highest BCUT2D eigenvalue weighted by atomic mass is 35.5. The van der Waals surface area contributed by atoms with E-state index in [1.165, 1.54) is 0 Å². The molecule has 1 fully saturated rings. The van der Waals surface area contributed by atoms with E-state index in [1.54, 1.807) is 0 Å². The summed E-state index contributed by atoms with van der Waals surface area (Å²) in [5.74, 6) is -0.402. The van der Waals surface area contributed by atoms with E-state index in [9.17, 15) is 18.0 Å². The number of nitrogens with two attached hydrogens (primary N) is 1. The van der Waals surface area contributed by atoms with Crippen LogP contribution in [0, 0.1) is 5.41 Å². The van der Waals surface area contributed by atoms with Crippen molar-refractivity contribution in [2.24, 2.45) is 11.1 Å². The van der Waals surface area contributed by atoms with Gasteiger partial charge in [0.25, 0.3) is 0 Å². The van der Waals surface area contributed by atoms with Crippen LogP contribution in [0.25, 0.3) is 0 Å². The summed E-state index contributed by atoms with van der Waals surface area (Å²) in [6, 6.07) is 0. The number of hydrogen-bond acceptors (Lipinski definition) is 3. The molecule has 0 aromatic heterocycles. The molecule has 2 unspecified atom stereocenters. The first kappa shape index (κ1) is 20.5. The van der Waals surface area contributed by atoms with E-state index >= 15 is 0 Å². The van der Waals surface area contributed by atoms with Crippen LogP contribution in [-0.4, -0.2) is 36.9 Å². The van der Waals surface area contributed by atoms with Crippen LogP contribution in [0.2, 0.25) is 0 Å². The fraction of sp³-hybridized carbons (Fsp3) is 0.923. The van der Waals surface area contributed by atoms with Crippen molar-refractivity contribution >= 4 is 18.3 Å². The summed E-state index contributed by atoms with van der Waals surface area (Å²) in [6.07, 6.45) is -4.95. The fourth-order valence-electron chi connectivity index (χ4n) is 2.47. The maximum Gasteiger partial charge on any atom is 0.389 e. The van der Waals surface area contributed by atoms with Gasteiger partial charge in [0.1, 0.15) is 5.54 Å². The van der Waals surface area contributed by atoms with Crippen molar-refractivity contribution < 1.29 is 22.7 Å². The zero-order chi connectivity index (χ0) is 15.6. The summed E-state index contributed by atoms with van der Waals surface area (Å²) in [4.78, 5) is 12.1. The van der Waals surface area contributed by atoms with E-state index in [0.717, 1.165) is 0 Å². The summed E-state index contributed by atoms with van der Waals surface area (Å²) in [5, 5.41) is 2.50. The standard InChI is InChI=1S/C13H23F3N2O2.ClH/c1-4-20-9-8-12(17,11(9,2)3)10(19)18-7-5-6-13(14,15)16;/h9H,4-8,17H2,1-3H3,(H,18,19);1H. The van der Waals surface area contributed by atoms with Crippen LogP contribution >= 0.6 is 12.4 Å². The van der Waals surface area contributed by atoms with Gasteiger partial charge in [-0.2, -0.15) is 13.2 Å². The molecule has 0 aliphatic heterocycles. The summed E-state index contributed by atoms with van der Waals surface area (Å²) < 4.78 is 41.5. The minimum atomic E-state index is -4.19. The van der Waals surface area contributed by atoms with Crippen LogP contribution < -0.4 is 11.1 Å². The molecule has 8 heteroatoms. The number of rotatable bonds is 6. The smallest absolute Gasteiger partial charge is 0.378 e. The first-order valence-electron chi connectivity index (χ1n) is 6.80. The SMILES string of the molecule is CCOC1CC(N)(C(=O)NCCCC(F)(F)F)C1(C)C.Cl. The molecule has 0 aromatic carbocycles. The molecule has 0 spiro atoms. The van der Waals surface area contributed by atoms with Crippen LogP contribution in [0.3, 0.4) is 0 Å². The molecule has 1 aliphatic rings. The van der Waals surface area contributed by atoms with Crippen molar-refractivity contribution in [3.63, 3.8) is 0 Å². The molecular weight excluding hydrogens is 309 g/mol. The lowest BCUT2D eigenvalue weighted by atomic mass is 9.54. The van der Waals surface area contributed by atoms with E-state index in [4.69, 9.17) is 10.5 Å². The summed E-state index contributed by atoms with van der Waals surface area (Å²) in [5.41, 5.74) is 4.49. The largest absolute Gasteiger partial charge is 0.389 e. The van der Waals surface area contributed by atoms with Crippen molar-refractivity contribution in [3.8, 4) is 0 Å². The molecule has 1 saturated carbocycles. The summed E-state index contributed by atoms with van der Waals surface area (Å²) >= 11 is 0. The first-order valence-corrected chi connectivity index (χ1v) is 6.80. The predicted molar refractivity (Wildman–Crippen MR) is 76.3 cm³/mol. The number of alkyl halides is 3. The van der Waals surface area contributed by atoms with Crippen LogP contribution in [0.15, 0.2) is 0 Å². The molecule has 1 amide bonds. The Morgan fingerprint density at radius 3 is 2.43 bits per heavy atom. The van der Waals surface area contributed by atoms with Gasteiger partial charge in [0.2, 0.25) is 5.91 Å². The third kappa shape index (κ3) is 4.47.